The lowest BCUT2D eigenvalue weighted by Crippen LogP contribution is -2.35. The van der Waals surface area contributed by atoms with Gasteiger partial charge in [0.1, 0.15) is 0 Å². The van der Waals surface area contributed by atoms with E-state index in [2.05, 4.69) is 14.7 Å². The minimum absolute atomic E-state index is 0.456. The van der Waals surface area contributed by atoms with E-state index in [0.29, 0.717) is 12.1 Å². The summed E-state index contributed by atoms with van der Waals surface area (Å²) in [6.07, 6.45) is 5.30. The molecule has 1 aromatic carbocycles. The molecule has 1 saturated carbocycles. The maximum atomic E-state index is 5.87. The summed E-state index contributed by atoms with van der Waals surface area (Å²) in [5, 5.41) is 4.47. The van der Waals surface area contributed by atoms with E-state index in [1.54, 1.807) is 0 Å². The second kappa shape index (κ2) is 5.73. The minimum Gasteiger partial charge on any atom is -0.378 e. The molecular formula is C16H19N3OS. The van der Waals surface area contributed by atoms with E-state index in [4.69, 9.17) is 4.74 Å². The van der Waals surface area contributed by atoms with Gasteiger partial charge in [-0.1, -0.05) is 30.3 Å². The summed E-state index contributed by atoms with van der Waals surface area (Å²) in [7, 11) is 0. The van der Waals surface area contributed by atoms with Crippen LogP contribution in [0.2, 0.25) is 0 Å². The maximum absolute atomic E-state index is 5.87. The maximum Gasteiger partial charge on any atom is 0.203 e. The Morgan fingerprint density at radius 1 is 1.14 bits per heavy atom. The van der Waals surface area contributed by atoms with Gasteiger partial charge in [-0.2, -0.15) is 9.36 Å². The van der Waals surface area contributed by atoms with E-state index in [9.17, 15) is 0 Å². The number of aromatic nitrogens is 2. The fourth-order valence-electron chi connectivity index (χ4n) is 2.92. The molecule has 1 aliphatic heterocycles. The molecule has 110 valence electrons. The van der Waals surface area contributed by atoms with Crippen molar-refractivity contribution in [1.29, 1.82) is 0 Å². The van der Waals surface area contributed by atoms with E-state index in [1.807, 2.05) is 30.3 Å². The Labute approximate surface area is 128 Å². The van der Waals surface area contributed by atoms with Gasteiger partial charge in [0.15, 0.2) is 5.82 Å². The molecule has 2 fully saturated rings. The van der Waals surface area contributed by atoms with Crippen molar-refractivity contribution in [2.45, 2.75) is 37.8 Å². The molecule has 4 nitrogen and oxygen atoms in total. The molecular weight excluding hydrogens is 282 g/mol. The van der Waals surface area contributed by atoms with Crippen molar-refractivity contribution in [3.8, 4) is 11.4 Å². The van der Waals surface area contributed by atoms with E-state index < -0.39 is 0 Å². The highest BCUT2D eigenvalue weighted by Crippen LogP contribution is 2.38. The van der Waals surface area contributed by atoms with Gasteiger partial charge in [0, 0.05) is 29.7 Å². The average molecular weight is 301 g/mol. The van der Waals surface area contributed by atoms with E-state index >= 15 is 0 Å². The van der Waals surface area contributed by atoms with Crippen LogP contribution in [0.25, 0.3) is 11.4 Å². The Hall–Kier alpha value is -1.46. The number of rotatable bonds is 4. The molecule has 2 aliphatic rings. The van der Waals surface area contributed by atoms with Crippen molar-refractivity contribution in [2.75, 3.05) is 11.9 Å². The highest BCUT2D eigenvalue weighted by atomic mass is 32.1. The van der Waals surface area contributed by atoms with Gasteiger partial charge >= 0.3 is 0 Å². The molecule has 5 heteroatoms. The number of nitrogens with zero attached hydrogens (tertiary/aromatic N) is 2. The van der Waals surface area contributed by atoms with Gasteiger partial charge in [-0.25, -0.2) is 0 Å². The third-order valence-corrected chi connectivity index (χ3v) is 4.89. The first-order valence-corrected chi connectivity index (χ1v) is 8.43. The lowest BCUT2D eigenvalue weighted by molar-refractivity contribution is -0.00218. The highest BCUT2D eigenvalue weighted by Gasteiger charge is 2.36. The topological polar surface area (TPSA) is 47.0 Å². The van der Waals surface area contributed by atoms with Gasteiger partial charge < -0.3 is 10.1 Å². The molecule has 2 heterocycles. The minimum atomic E-state index is 0.456. The van der Waals surface area contributed by atoms with Crippen LogP contribution >= 0.6 is 11.5 Å². The standard InChI is InChI=1S/C16H19N3OS/c1-2-4-12(5-3-1)15-18-16(21-19-15)17-13-8-9-20-14(10-13)11-6-7-11/h1-5,11,13-14H,6-10H2,(H,17,18,19). The van der Waals surface area contributed by atoms with Crippen molar-refractivity contribution in [1.82, 2.24) is 9.36 Å². The van der Waals surface area contributed by atoms with Gasteiger partial charge in [0.25, 0.3) is 0 Å². The third-order valence-electron chi connectivity index (χ3n) is 4.25. The van der Waals surface area contributed by atoms with Crippen LogP contribution in [-0.4, -0.2) is 28.1 Å². The zero-order chi connectivity index (χ0) is 14.1. The van der Waals surface area contributed by atoms with Gasteiger partial charge in [-0.3, -0.25) is 0 Å². The van der Waals surface area contributed by atoms with Crippen LogP contribution < -0.4 is 5.32 Å². The number of nitrogens with one attached hydrogen (secondary N) is 1. The summed E-state index contributed by atoms with van der Waals surface area (Å²) in [6, 6.07) is 10.6. The molecule has 1 aliphatic carbocycles. The SMILES string of the molecule is c1ccc(-c2nsc(NC3CCOC(C4CC4)C3)n2)cc1. The predicted octanol–water partition coefficient (Wildman–Crippen LogP) is 3.57. The first kappa shape index (κ1) is 13.2. The van der Waals surface area contributed by atoms with Crippen LogP contribution in [0, 0.1) is 5.92 Å². The zero-order valence-corrected chi connectivity index (χ0v) is 12.7. The molecule has 0 amide bonds. The number of ether oxygens (including phenoxy) is 1. The molecule has 21 heavy (non-hydrogen) atoms. The van der Waals surface area contributed by atoms with Crippen molar-refractivity contribution >= 4 is 16.7 Å². The molecule has 1 saturated heterocycles. The van der Waals surface area contributed by atoms with Crippen LogP contribution in [0.15, 0.2) is 30.3 Å². The molecule has 1 N–H and O–H groups in total. The monoisotopic (exact) mass is 301 g/mol. The van der Waals surface area contributed by atoms with Crippen LogP contribution in [0.3, 0.4) is 0 Å². The smallest absolute Gasteiger partial charge is 0.203 e. The quantitative estimate of drug-likeness (QED) is 0.937. The third kappa shape index (κ3) is 3.09. The summed E-state index contributed by atoms with van der Waals surface area (Å²) in [4.78, 5) is 4.62. The van der Waals surface area contributed by atoms with Crippen LogP contribution in [0.5, 0.6) is 0 Å². The number of hydrogen-bond acceptors (Lipinski definition) is 5. The van der Waals surface area contributed by atoms with Crippen LogP contribution in [-0.2, 0) is 4.74 Å². The average Bonchev–Trinajstić information content (AvgIpc) is 3.29. The molecule has 2 unspecified atom stereocenters. The summed E-state index contributed by atoms with van der Waals surface area (Å²) in [6.45, 7) is 0.864. The normalized spacial score (nSPS) is 25.7. The fourth-order valence-corrected chi connectivity index (χ4v) is 3.58. The second-order valence-corrected chi connectivity index (χ2v) is 6.65. The number of hydrogen-bond donors (Lipinski definition) is 1. The van der Waals surface area contributed by atoms with Crippen molar-refractivity contribution < 1.29 is 4.74 Å². The molecule has 2 aromatic rings. The Morgan fingerprint density at radius 3 is 2.81 bits per heavy atom. The number of anilines is 1. The Kier molecular flexibility index (Phi) is 3.61. The van der Waals surface area contributed by atoms with Crippen molar-refractivity contribution in [3.05, 3.63) is 30.3 Å². The lowest BCUT2D eigenvalue weighted by atomic mass is 10.0. The summed E-state index contributed by atoms with van der Waals surface area (Å²) in [5.41, 5.74) is 1.07. The predicted molar refractivity (Wildman–Crippen MR) is 84.5 cm³/mol. The first-order chi connectivity index (χ1) is 10.4. The Bertz CT molecular complexity index is 597. The summed E-state index contributed by atoms with van der Waals surface area (Å²) in [5.74, 6) is 1.62. The molecule has 0 spiro atoms. The Morgan fingerprint density at radius 2 is 2.00 bits per heavy atom. The van der Waals surface area contributed by atoms with E-state index in [-0.39, 0.29) is 0 Å². The highest BCUT2D eigenvalue weighted by molar-refractivity contribution is 7.09. The van der Waals surface area contributed by atoms with Gasteiger partial charge in [-0.05, 0) is 31.6 Å². The van der Waals surface area contributed by atoms with Gasteiger partial charge in [0.2, 0.25) is 5.13 Å². The Balaban J connectivity index is 1.42. The molecule has 0 bridgehead atoms. The van der Waals surface area contributed by atoms with E-state index in [1.165, 1.54) is 24.4 Å². The molecule has 4 rings (SSSR count). The van der Waals surface area contributed by atoms with Gasteiger partial charge in [-0.15, -0.1) is 0 Å². The zero-order valence-electron chi connectivity index (χ0n) is 11.9. The largest absolute Gasteiger partial charge is 0.378 e. The second-order valence-electron chi connectivity index (χ2n) is 5.90. The number of benzene rings is 1. The van der Waals surface area contributed by atoms with Crippen LogP contribution in [0.4, 0.5) is 5.13 Å². The van der Waals surface area contributed by atoms with Crippen molar-refractivity contribution in [3.63, 3.8) is 0 Å². The first-order valence-electron chi connectivity index (χ1n) is 7.66. The molecule has 2 atom stereocenters. The van der Waals surface area contributed by atoms with Gasteiger partial charge in [0.05, 0.1) is 6.10 Å². The van der Waals surface area contributed by atoms with Crippen LogP contribution in [0.1, 0.15) is 25.7 Å². The van der Waals surface area contributed by atoms with Crippen molar-refractivity contribution in [2.24, 2.45) is 5.92 Å². The lowest BCUT2D eigenvalue weighted by Gasteiger charge is -2.30. The molecule has 1 aromatic heterocycles. The summed E-state index contributed by atoms with van der Waals surface area (Å²) >= 11 is 1.45. The van der Waals surface area contributed by atoms with E-state index in [0.717, 1.165) is 41.9 Å². The summed E-state index contributed by atoms with van der Waals surface area (Å²) < 4.78 is 10.3. The fraction of sp³-hybridized carbons (Fsp3) is 0.500. The molecule has 0 radical (unpaired) electrons.